The molecule has 0 aliphatic heterocycles. The van der Waals surface area contributed by atoms with Crippen LogP contribution >= 0.6 is 22.3 Å². The zero-order chi connectivity index (χ0) is 10.8. The third-order valence-electron chi connectivity index (χ3n) is 1.59. The molecule has 6 heteroatoms. The Morgan fingerprint density at radius 3 is 2.50 bits per heavy atom. The van der Waals surface area contributed by atoms with Crippen LogP contribution in [0.4, 0.5) is 0 Å². The average Bonchev–Trinajstić information content (AvgIpc) is 2.06. The highest BCUT2D eigenvalue weighted by atomic mass is 35.7. The van der Waals surface area contributed by atoms with Crippen LogP contribution in [0.25, 0.3) is 0 Å². The maximum absolute atomic E-state index is 10.8. The fourth-order valence-electron chi connectivity index (χ4n) is 0.958. The summed E-state index contributed by atoms with van der Waals surface area (Å²) >= 11 is 5.81. The Hall–Kier alpha value is -0.450. The van der Waals surface area contributed by atoms with Crippen molar-refractivity contribution in [3.05, 3.63) is 28.8 Å². The summed E-state index contributed by atoms with van der Waals surface area (Å²) in [6.45, 7) is 0. The fraction of sp³-hybridized carbons (Fsp3) is 0.250. The Balaban J connectivity index is 3.01. The molecule has 3 nitrogen and oxygen atoms in total. The molecule has 0 amide bonds. The first-order chi connectivity index (χ1) is 6.42. The standard InChI is InChI=1S/C8H8Cl2O3S/c1-13-7-3-2-6(8(9)4-7)5-14(10,11)12/h2-4H,5H2,1H3. The third kappa shape index (κ3) is 3.36. The van der Waals surface area contributed by atoms with E-state index in [0.717, 1.165) is 0 Å². The SMILES string of the molecule is COc1ccc(CS(=O)(=O)Cl)c(Cl)c1. The second-order valence-corrected chi connectivity index (χ2v) is 5.82. The summed E-state index contributed by atoms with van der Waals surface area (Å²) in [7, 11) is 3.03. The predicted octanol–water partition coefficient (Wildman–Crippen LogP) is 2.42. The minimum Gasteiger partial charge on any atom is -0.497 e. The van der Waals surface area contributed by atoms with Crippen LogP contribution in [0.3, 0.4) is 0 Å². The van der Waals surface area contributed by atoms with Gasteiger partial charge in [0.15, 0.2) is 0 Å². The highest BCUT2D eigenvalue weighted by Crippen LogP contribution is 2.24. The number of halogens is 2. The number of benzene rings is 1. The molecule has 0 aliphatic carbocycles. The number of hydrogen-bond donors (Lipinski definition) is 0. The van der Waals surface area contributed by atoms with Gasteiger partial charge in [-0.1, -0.05) is 17.7 Å². The van der Waals surface area contributed by atoms with Gasteiger partial charge in [0.25, 0.3) is 0 Å². The smallest absolute Gasteiger partial charge is 0.236 e. The lowest BCUT2D eigenvalue weighted by Crippen LogP contribution is -1.96. The molecule has 0 atom stereocenters. The van der Waals surface area contributed by atoms with Gasteiger partial charge >= 0.3 is 0 Å². The van der Waals surface area contributed by atoms with Crippen LogP contribution in [0.1, 0.15) is 5.56 Å². The second-order valence-electron chi connectivity index (χ2n) is 2.64. The molecule has 78 valence electrons. The Bertz CT molecular complexity index is 428. The number of hydrogen-bond acceptors (Lipinski definition) is 3. The molecule has 1 rings (SSSR count). The first-order valence-electron chi connectivity index (χ1n) is 3.67. The van der Waals surface area contributed by atoms with Crippen LogP contribution in [-0.2, 0) is 14.8 Å². The van der Waals surface area contributed by atoms with Gasteiger partial charge in [0.05, 0.1) is 12.9 Å². The van der Waals surface area contributed by atoms with Crippen molar-refractivity contribution in [1.82, 2.24) is 0 Å². The van der Waals surface area contributed by atoms with E-state index in [4.69, 9.17) is 27.0 Å². The van der Waals surface area contributed by atoms with Crippen LogP contribution in [0.5, 0.6) is 5.75 Å². The van der Waals surface area contributed by atoms with Crippen molar-refractivity contribution in [2.24, 2.45) is 0 Å². The molecule has 0 aromatic heterocycles. The second kappa shape index (κ2) is 4.38. The molecular formula is C8H8Cl2O3S. The molecule has 0 N–H and O–H groups in total. The number of methoxy groups -OCH3 is 1. The van der Waals surface area contributed by atoms with Gasteiger partial charge in [0.1, 0.15) is 5.75 Å². The zero-order valence-corrected chi connectivity index (χ0v) is 9.66. The Morgan fingerprint density at radius 2 is 2.07 bits per heavy atom. The quantitative estimate of drug-likeness (QED) is 0.779. The fourth-order valence-corrected chi connectivity index (χ4v) is 2.25. The Labute approximate surface area is 92.0 Å². The first-order valence-corrected chi connectivity index (χ1v) is 6.53. The Morgan fingerprint density at radius 1 is 1.43 bits per heavy atom. The van der Waals surface area contributed by atoms with E-state index in [-0.39, 0.29) is 5.75 Å². The summed E-state index contributed by atoms with van der Waals surface area (Å²) in [6.07, 6.45) is 0. The molecule has 0 bridgehead atoms. The van der Waals surface area contributed by atoms with Crippen LogP contribution in [0.2, 0.25) is 5.02 Å². The van der Waals surface area contributed by atoms with Gasteiger partial charge in [-0.15, -0.1) is 0 Å². The molecule has 14 heavy (non-hydrogen) atoms. The van der Waals surface area contributed by atoms with Crippen LogP contribution in [0, 0.1) is 0 Å². The highest BCUT2D eigenvalue weighted by molar-refractivity contribution is 8.13. The van der Waals surface area contributed by atoms with E-state index in [1.54, 1.807) is 18.2 Å². The molecule has 1 aromatic carbocycles. The largest absolute Gasteiger partial charge is 0.497 e. The maximum Gasteiger partial charge on any atom is 0.236 e. The number of ether oxygens (including phenoxy) is 1. The van der Waals surface area contributed by atoms with Crippen molar-refractivity contribution >= 4 is 31.3 Å². The van der Waals surface area contributed by atoms with Crippen molar-refractivity contribution in [3.63, 3.8) is 0 Å². The summed E-state index contributed by atoms with van der Waals surface area (Å²) in [6, 6.07) is 4.74. The molecule has 0 fully saturated rings. The normalized spacial score (nSPS) is 11.4. The van der Waals surface area contributed by atoms with Gasteiger partial charge < -0.3 is 4.74 Å². The predicted molar refractivity (Wildman–Crippen MR) is 56.5 cm³/mol. The van der Waals surface area contributed by atoms with E-state index in [1.807, 2.05) is 0 Å². The van der Waals surface area contributed by atoms with Crippen LogP contribution in [0.15, 0.2) is 18.2 Å². The summed E-state index contributed by atoms with van der Waals surface area (Å²) < 4.78 is 26.5. The van der Waals surface area contributed by atoms with Crippen molar-refractivity contribution in [2.45, 2.75) is 5.75 Å². The summed E-state index contributed by atoms with van der Waals surface area (Å²) in [5.74, 6) is 0.294. The molecule has 0 saturated carbocycles. The average molecular weight is 255 g/mol. The van der Waals surface area contributed by atoms with E-state index in [1.165, 1.54) is 7.11 Å². The first kappa shape index (κ1) is 11.6. The van der Waals surface area contributed by atoms with Gasteiger partial charge in [-0.05, 0) is 17.7 Å². The highest BCUT2D eigenvalue weighted by Gasteiger charge is 2.10. The maximum atomic E-state index is 10.8. The lowest BCUT2D eigenvalue weighted by atomic mass is 10.2. The topological polar surface area (TPSA) is 43.4 Å². The van der Waals surface area contributed by atoms with Crippen LogP contribution < -0.4 is 4.74 Å². The summed E-state index contributed by atoms with van der Waals surface area (Å²) in [4.78, 5) is 0. The van der Waals surface area contributed by atoms with E-state index < -0.39 is 9.05 Å². The van der Waals surface area contributed by atoms with E-state index in [9.17, 15) is 8.42 Å². The van der Waals surface area contributed by atoms with Gasteiger partial charge in [0.2, 0.25) is 9.05 Å². The van der Waals surface area contributed by atoms with Gasteiger partial charge in [-0.3, -0.25) is 0 Å². The zero-order valence-electron chi connectivity index (χ0n) is 7.33. The molecule has 0 saturated heterocycles. The van der Waals surface area contributed by atoms with Crippen molar-refractivity contribution in [3.8, 4) is 5.75 Å². The Kier molecular flexibility index (Phi) is 3.64. The summed E-state index contributed by atoms with van der Waals surface area (Å²) in [5.41, 5.74) is 0.461. The third-order valence-corrected chi connectivity index (χ3v) is 2.92. The molecule has 0 heterocycles. The van der Waals surface area contributed by atoms with Gasteiger partial charge in [0, 0.05) is 15.7 Å². The van der Waals surface area contributed by atoms with E-state index in [0.29, 0.717) is 16.3 Å². The van der Waals surface area contributed by atoms with Crippen LogP contribution in [-0.4, -0.2) is 15.5 Å². The molecular weight excluding hydrogens is 247 g/mol. The summed E-state index contributed by atoms with van der Waals surface area (Å²) in [5, 5.41) is 0.327. The minimum absolute atomic E-state index is 0.280. The molecule has 1 aromatic rings. The lowest BCUT2D eigenvalue weighted by Gasteiger charge is -2.04. The molecule has 0 unspecified atom stereocenters. The minimum atomic E-state index is -3.57. The van der Waals surface area contributed by atoms with Gasteiger partial charge in [-0.2, -0.15) is 0 Å². The monoisotopic (exact) mass is 254 g/mol. The van der Waals surface area contributed by atoms with Crippen molar-refractivity contribution in [2.75, 3.05) is 7.11 Å². The lowest BCUT2D eigenvalue weighted by molar-refractivity contribution is 0.414. The molecule has 0 radical (unpaired) electrons. The number of rotatable bonds is 3. The van der Waals surface area contributed by atoms with E-state index >= 15 is 0 Å². The van der Waals surface area contributed by atoms with Crippen molar-refractivity contribution in [1.29, 1.82) is 0 Å². The molecule has 0 aliphatic rings. The van der Waals surface area contributed by atoms with Gasteiger partial charge in [-0.25, -0.2) is 8.42 Å². The molecule has 0 spiro atoms. The van der Waals surface area contributed by atoms with E-state index in [2.05, 4.69) is 0 Å². The van der Waals surface area contributed by atoms with Crippen molar-refractivity contribution < 1.29 is 13.2 Å².